The molecule has 2 N–H and O–H groups in total. The first-order valence-electron chi connectivity index (χ1n) is 4.92. The Morgan fingerprint density at radius 3 is 2.50 bits per heavy atom. The fraction of sp³-hybridized carbons (Fsp3) is 0.500. The first-order chi connectivity index (χ1) is 6.40. The Labute approximate surface area is 86.0 Å². The van der Waals surface area contributed by atoms with E-state index in [-0.39, 0.29) is 0 Å². The molecule has 0 bridgehead atoms. The van der Waals surface area contributed by atoms with E-state index < -0.39 is 5.60 Å². The molecule has 0 fully saturated rings. The van der Waals surface area contributed by atoms with Crippen LogP contribution in [-0.4, -0.2) is 17.3 Å². The van der Waals surface area contributed by atoms with Crippen molar-refractivity contribution in [2.45, 2.75) is 33.3 Å². The van der Waals surface area contributed by atoms with Gasteiger partial charge in [0.15, 0.2) is 0 Å². The summed E-state index contributed by atoms with van der Waals surface area (Å²) in [5.41, 5.74) is 2.95. The molecule has 0 heterocycles. The van der Waals surface area contributed by atoms with Gasteiger partial charge in [-0.25, -0.2) is 0 Å². The van der Waals surface area contributed by atoms with Crippen LogP contribution in [0.3, 0.4) is 0 Å². The van der Waals surface area contributed by atoms with Crippen LogP contribution in [0.5, 0.6) is 0 Å². The molecular formula is C12H19NO. The van der Waals surface area contributed by atoms with Crippen molar-refractivity contribution < 1.29 is 5.11 Å². The molecule has 0 aromatic heterocycles. The van der Waals surface area contributed by atoms with Gasteiger partial charge >= 0.3 is 0 Å². The predicted molar refractivity (Wildman–Crippen MR) is 60.7 cm³/mol. The smallest absolute Gasteiger partial charge is 0.0763 e. The molecule has 1 aromatic carbocycles. The highest BCUT2D eigenvalue weighted by Crippen LogP contribution is 2.18. The average Bonchev–Trinajstić information content (AvgIpc) is 2.06. The number of anilines is 1. The molecule has 0 aliphatic rings. The maximum absolute atomic E-state index is 9.58. The summed E-state index contributed by atoms with van der Waals surface area (Å²) in [5, 5.41) is 12.8. The molecule has 1 rings (SSSR count). The maximum atomic E-state index is 9.58. The number of hydrogen-bond donors (Lipinski definition) is 2. The first-order valence-corrected chi connectivity index (χ1v) is 4.92. The second-order valence-corrected chi connectivity index (χ2v) is 4.41. The molecule has 0 saturated carbocycles. The van der Waals surface area contributed by atoms with E-state index in [1.54, 1.807) is 13.8 Å². The SMILES string of the molecule is Cc1cccc(NCC(C)(C)O)c1C. The second-order valence-electron chi connectivity index (χ2n) is 4.41. The van der Waals surface area contributed by atoms with Crippen LogP contribution in [0.15, 0.2) is 18.2 Å². The molecule has 0 spiro atoms. The molecule has 0 amide bonds. The van der Waals surface area contributed by atoms with Crippen molar-refractivity contribution in [3.63, 3.8) is 0 Å². The molecule has 14 heavy (non-hydrogen) atoms. The lowest BCUT2D eigenvalue weighted by atomic mass is 10.1. The number of hydrogen-bond acceptors (Lipinski definition) is 2. The number of rotatable bonds is 3. The zero-order chi connectivity index (χ0) is 10.8. The van der Waals surface area contributed by atoms with Crippen molar-refractivity contribution >= 4 is 5.69 Å². The molecule has 0 saturated heterocycles. The van der Waals surface area contributed by atoms with E-state index >= 15 is 0 Å². The maximum Gasteiger partial charge on any atom is 0.0763 e. The molecule has 78 valence electrons. The lowest BCUT2D eigenvalue weighted by Crippen LogP contribution is -2.29. The molecule has 2 heteroatoms. The predicted octanol–water partition coefficient (Wildman–Crippen LogP) is 2.49. The summed E-state index contributed by atoms with van der Waals surface area (Å²) < 4.78 is 0. The van der Waals surface area contributed by atoms with Crippen molar-refractivity contribution in [2.24, 2.45) is 0 Å². The van der Waals surface area contributed by atoms with E-state index in [1.807, 2.05) is 12.1 Å². The van der Waals surface area contributed by atoms with Gasteiger partial charge in [-0.2, -0.15) is 0 Å². The lowest BCUT2D eigenvalue weighted by molar-refractivity contribution is 0.0945. The van der Waals surface area contributed by atoms with Crippen LogP contribution in [-0.2, 0) is 0 Å². The van der Waals surface area contributed by atoms with Crippen LogP contribution in [0, 0.1) is 13.8 Å². The van der Waals surface area contributed by atoms with Crippen LogP contribution < -0.4 is 5.32 Å². The third kappa shape index (κ3) is 3.04. The molecule has 0 unspecified atom stereocenters. The topological polar surface area (TPSA) is 32.3 Å². The Bertz CT molecular complexity index is 313. The number of benzene rings is 1. The Balaban J connectivity index is 2.73. The van der Waals surface area contributed by atoms with Crippen LogP contribution in [0.25, 0.3) is 0 Å². The van der Waals surface area contributed by atoms with Crippen molar-refractivity contribution in [3.05, 3.63) is 29.3 Å². The summed E-state index contributed by atoms with van der Waals surface area (Å²) in [5.74, 6) is 0. The average molecular weight is 193 g/mol. The van der Waals surface area contributed by atoms with Crippen molar-refractivity contribution in [1.29, 1.82) is 0 Å². The Morgan fingerprint density at radius 1 is 1.29 bits per heavy atom. The minimum Gasteiger partial charge on any atom is -0.389 e. The summed E-state index contributed by atoms with van der Waals surface area (Å²) in [4.78, 5) is 0. The summed E-state index contributed by atoms with van der Waals surface area (Å²) in [6.45, 7) is 8.33. The number of aliphatic hydroxyl groups is 1. The van der Waals surface area contributed by atoms with E-state index in [0.717, 1.165) is 5.69 Å². The summed E-state index contributed by atoms with van der Waals surface area (Å²) in [6.07, 6.45) is 0. The van der Waals surface area contributed by atoms with Gasteiger partial charge in [-0.15, -0.1) is 0 Å². The van der Waals surface area contributed by atoms with Gasteiger partial charge in [-0.05, 0) is 44.9 Å². The fourth-order valence-corrected chi connectivity index (χ4v) is 1.25. The quantitative estimate of drug-likeness (QED) is 0.773. The van der Waals surface area contributed by atoms with Crippen molar-refractivity contribution in [1.82, 2.24) is 0 Å². The lowest BCUT2D eigenvalue weighted by Gasteiger charge is -2.20. The van der Waals surface area contributed by atoms with Gasteiger partial charge in [-0.1, -0.05) is 12.1 Å². The van der Waals surface area contributed by atoms with E-state index in [4.69, 9.17) is 0 Å². The molecule has 0 aliphatic heterocycles. The fourth-order valence-electron chi connectivity index (χ4n) is 1.25. The Morgan fingerprint density at radius 2 is 1.93 bits per heavy atom. The van der Waals surface area contributed by atoms with Gasteiger partial charge in [0.1, 0.15) is 0 Å². The third-order valence-corrected chi connectivity index (χ3v) is 2.32. The number of nitrogens with one attached hydrogen (secondary N) is 1. The highest BCUT2D eigenvalue weighted by molar-refractivity contribution is 5.53. The van der Waals surface area contributed by atoms with E-state index in [2.05, 4.69) is 25.2 Å². The summed E-state index contributed by atoms with van der Waals surface area (Å²) in [6, 6.07) is 6.15. The largest absolute Gasteiger partial charge is 0.389 e. The van der Waals surface area contributed by atoms with Gasteiger partial charge in [0, 0.05) is 12.2 Å². The molecule has 2 nitrogen and oxygen atoms in total. The van der Waals surface area contributed by atoms with Gasteiger partial charge in [0.05, 0.1) is 5.60 Å². The third-order valence-electron chi connectivity index (χ3n) is 2.32. The van der Waals surface area contributed by atoms with E-state index in [1.165, 1.54) is 11.1 Å². The zero-order valence-electron chi connectivity index (χ0n) is 9.39. The molecule has 1 aromatic rings. The summed E-state index contributed by atoms with van der Waals surface area (Å²) in [7, 11) is 0. The minimum absolute atomic E-state index is 0.567. The van der Waals surface area contributed by atoms with Gasteiger partial charge in [0.2, 0.25) is 0 Å². The first kappa shape index (κ1) is 11.1. The van der Waals surface area contributed by atoms with Crippen LogP contribution >= 0.6 is 0 Å². The van der Waals surface area contributed by atoms with Crippen LogP contribution in [0.2, 0.25) is 0 Å². The monoisotopic (exact) mass is 193 g/mol. The highest BCUT2D eigenvalue weighted by atomic mass is 16.3. The molecular weight excluding hydrogens is 174 g/mol. The standard InChI is InChI=1S/C12H19NO/c1-9-6-5-7-11(10(9)2)13-8-12(3,4)14/h5-7,13-14H,8H2,1-4H3. The second kappa shape index (κ2) is 4.01. The molecule has 0 atom stereocenters. The van der Waals surface area contributed by atoms with Gasteiger partial charge < -0.3 is 10.4 Å². The van der Waals surface area contributed by atoms with Crippen molar-refractivity contribution in [2.75, 3.05) is 11.9 Å². The van der Waals surface area contributed by atoms with Crippen LogP contribution in [0.1, 0.15) is 25.0 Å². The van der Waals surface area contributed by atoms with Gasteiger partial charge in [0.25, 0.3) is 0 Å². The molecule has 0 radical (unpaired) electrons. The summed E-state index contributed by atoms with van der Waals surface area (Å²) >= 11 is 0. The van der Waals surface area contributed by atoms with E-state index in [0.29, 0.717) is 6.54 Å². The number of aryl methyl sites for hydroxylation is 1. The van der Waals surface area contributed by atoms with Gasteiger partial charge in [-0.3, -0.25) is 0 Å². The highest BCUT2D eigenvalue weighted by Gasteiger charge is 2.12. The zero-order valence-corrected chi connectivity index (χ0v) is 9.39. The Hall–Kier alpha value is -1.02. The Kier molecular flexibility index (Phi) is 3.17. The van der Waals surface area contributed by atoms with Crippen molar-refractivity contribution in [3.8, 4) is 0 Å². The minimum atomic E-state index is -0.670. The normalized spacial score (nSPS) is 11.5. The van der Waals surface area contributed by atoms with Crippen LogP contribution in [0.4, 0.5) is 5.69 Å². The molecule has 0 aliphatic carbocycles. The van der Waals surface area contributed by atoms with E-state index in [9.17, 15) is 5.11 Å².